The number of anilines is 1. The lowest BCUT2D eigenvalue weighted by molar-refractivity contribution is -0.118. The molecule has 0 radical (unpaired) electrons. The Morgan fingerprint density at radius 1 is 1.16 bits per heavy atom. The predicted octanol–water partition coefficient (Wildman–Crippen LogP) is 3.32. The Morgan fingerprint density at radius 3 is 2.56 bits per heavy atom. The lowest BCUT2D eigenvalue weighted by Crippen LogP contribution is -2.20. The number of aromatic hydroxyl groups is 1. The number of carbonyl (C=O) groups is 2. The maximum atomic E-state index is 12.0. The molecule has 2 N–H and O–H groups in total. The van der Waals surface area contributed by atoms with E-state index in [4.69, 9.17) is 4.74 Å². The van der Waals surface area contributed by atoms with Crippen LogP contribution in [0.3, 0.4) is 0 Å². The van der Waals surface area contributed by atoms with Crippen LogP contribution < -0.4 is 10.1 Å². The van der Waals surface area contributed by atoms with Crippen LogP contribution in [0.4, 0.5) is 5.69 Å². The number of rotatable bonds is 6. The third kappa shape index (κ3) is 4.97. The second-order valence-electron chi connectivity index (χ2n) is 5.79. The lowest BCUT2D eigenvalue weighted by Gasteiger charge is -2.11. The zero-order valence-electron chi connectivity index (χ0n) is 14.4. The fourth-order valence-electron chi connectivity index (χ4n) is 2.18. The summed E-state index contributed by atoms with van der Waals surface area (Å²) in [5, 5.41) is 12.4. The van der Waals surface area contributed by atoms with Gasteiger partial charge in [-0.05, 0) is 41.8 Å². The third-order valence-electron chi connectivity index (χ3n) is 3.59. The van der Waals surface area contributed by atoms with Crippen molar-refractivity contribution < 1.29 is 24.2 Å². The van der Waals surface area contributed by atoms with E-state index < -0.39 is 11.9 Å². The van der Waals surface area contributed by atoms with Crippen molar-refractivity contribution in [2.75, 3.05) is 19.0 Å². The fraction of sp³-hybridized carbons (Fsp3) is 0.263. The summed E-state index contributed by atoms with van der Waals surface area (Å²) >= 11 is 0. The highest BCUT2D eigenvalue weighted by Crippen LogP contribution is 2.25. The van der Waals surface area contributed by atoms with Gasteiger partial charge in [0.2, 0.25) is 0 Å². The van der Waals surface area contributed by atoms with E-state index in [0.717, 1.165) is 5.56 Å². The summed E-state index contributed by atoms with van der Waals surface area (Å²) in [4.78, 5) is 23.4. The fourth-order valence-corrected chi connectivity index (χ4v) is 2.18. The molecule has 0 unspecified atom stereocenters. The number of esters is 1. The number of nitrogens with one attached hydrogen (secondary N) is 1. The topological polar surface area (TPSA) is 84.9 Å². The Hall–Kier alpha value is -3.02. The maximum absolute atomic E-state index is 12.0. The van der Waals surface area contributed by atoms with Gasteiger partial charge in [-0.15, -0.1) is 0 Å². The molecule has 0 heterocycles. The SMILES string of the molecule is COC(=O)c1ccc(NC(=O)COc2cccc(C(C)C)c2)c(O)c1. The van der Waals surface area contributed by atoms with Crippen LogP contribution in [0, 0.1) is 0 Å². The summed E-state index contributed by atoms with van der Waals surface area (Å²) < 4.78 is 10.1. The second-order valence-corrected chi connectivity index (χ2v) is 5.79. The second kappa shape index (κ2) is 8.19. The first kappa shape index (κ1) is 18.3. The number of benzene rings is 2. The predicted molar refractivity (Wildman–Crippen MR) is 94.1 cm³/mol. The highest BCUT2D eigenvalue weighted by molar-refractivity contribution is 5.95. The molecule has 0 saturated carbocycles. The largest absolute Gasteiger partial charge is 0.506 e. The number of phenolic OH excluding ortho intramolecular Hbond substituents is 1. The number of carbonyl (C=O) groups excluding carboxylic acids is 2. The van der Waals surface area contributed by atoms with Crippen molar-refractivity contribution in [1.29, 1.82) is 0 Å². The molecule has 0 fully saturated rings. The summed E-state index contributed by atoms with van der Waals surface area (Å²) in [6.45, 7) is 3.96. The van der Waals surface area contributed by atoms with E-state index in [2.05, 4.69) is 23.9 Å². The molecule has 0 aromatic heterocycles. The highest BCUT2D eigenvalue weighted by Gasteiger charge is 2.12. The van der Waals surface area contributed by atoms with Crippen LogP contribution in [0.2, 0.25) is 0 Å². The molecule has 0 bridgehead atoms. The van der Waals surface area contributed by atoms with Crippen LogP contribution >= 0.6 is 0 Å². The molecule has 2 rings (SSSR count). The summed E-state index contributed by atoms with van der Waals surface area (Å²) in [5.74, 6) is -0.245. The molecule has 6 nitrogen and oxygen atoms in total. The van der Waals surface area contributed by atoms with E-state index in [1.165, 1.54) is 25.3 Å². The van der Waals surface area contributed by atoms with E-state index in [9.17, 15) is 14.7 Å². The van der Waals surface area contributed by atoms with E-state index in [1.54, 1.807) is 6.07 Å². The van der Waals surface area contributed by atoms with Crippen LogP contribution in [-0.4, -0.2) is 30.7 Å². The monoisotopic (exact) mass is 343 g/mol. The van der Waals surface area contributed by atoms with Gasteiger partial charge in [0.05, 0.1) is 18.4 Å². The molecule has 132 valence electrons. The standard InChI is InChI=1S/C19H21NO5/c1-12(2)13-5-4-6-15(9-13)25-11-18(22)20-16-8-7-14(10-17(16)21)19(23)24-3/h4-10,12,21H,11H2,1-3H3,(H,20,22). The molecular formula is C19H21NO5. The Labute approximate surface area is 146 Å². The van der Waals surface area contributed by atoms with E-state index in [0.29, 0.717) is 11.7 Å². The number of ether oxygens (including phenoxy) is 2. The Balaban J connectivity index is 1.96. The van der Waals surface area contributed by atoms with Gasteiger partial charge in [-0.2, -0.15) is 0 Å². The molecule has 1 amide bonds. The number of amides is 1. The molecule has 0 aliphatic carbocycles. The summed E-state index contributed by atoms with van der Waals surface area (Å²) in [5.41, 5.74) is 1.51. The van der Waals surface area contributed by atoms with Gasteiger partial charge in [0.1, 0.15) is 11.5 Å². The summed E-state index contributed by atoms with van der Waals surface area (Å²) in [6.07, 6.45) is 0. The molecular weight excluding hydrogens is 322 g/mol. The number of phenols is 1. The smallest absolute Gasteiger partial charge is 0.337 e. The Bertz CT molecular complexity index is 770. The van der Waals surface area contributed by atoms with Crippen LogP contribution in [0.1, 0.15) is 35.7 Å². The maximum Gasteiger partial charge on any atom is 0.337 e. The average molecular weight is 343 g/mol. The van der Waals surface area contributed by atoms with Crippen molar-refractivity contribution in [1.82, 2.24) is 0 Å². The van der Waals surface area contributed by atoms with Crippen LogP contribution in [0.25, 0.3) is 0 Å². The minimum absolute atomic E-state index is 0.192. The first-order valence-electron chi connectivity index (χ1n) is 7.84. The van der Waals surface area contributed by atoms with Crippen molar-refractivity contribution in [3.05, 3.63) is 53.6 Å². The minimum atomic E-state index is -0.568. The van der Waals surface area contributed by atoms with Gasteiger partial charge in [-0.1, -0.05) is 26.0 Å². The average Bonchev–Trinajstić information content (AvgIpc) is 2.61. The van der Waals surface area contributed by atoms with Crippen LogP contribution in [0.5, 0.6) is 11.5 Å². The first-order valence-corrected chi connectivity index (χ1v) is 7.84. The van der Waals surface area contributed by atoms with Crippen molar-refractivity contribution in [2.45, 2.75) is 19.8 Å². The van der Waals surface area contributed by atoms with Gasteiger partial charge < -0.3 is 19.9 Å². The van der Waals surface area contributed by atoms with Crippen LogP contribution in [-0.2, 0) is 9.53 Å². The zero-order chi connectivity index (χ0) is 18.4. The van der Waals surface area contributed by atoms with Crippen molar-refractivity contribution in [2.24, 2.45) is 0 Å². The van der Waals surface area contributed by atoms with E-state index in [1.807, 2.05) is 18.2 Å². The molecule has 2 aromatic carbocycles. The molecule has 0 aliphatic rings. The van der Waals surface area contributed by atoms with Gasteiger partial charge in [0, 0.05) is 0 Å². The Kier molecular flexibility index (Phi) is 6.00. The molecule has 2 aromatic rings. The molecule has 0 aliphatic heterocycles. The molecule has 6 heteroatoms. The summed E-state index contributed by atoms with van der Waals surface area (Å²) in [7, 11) is 1.25. The van der Waals surface area contributed by atoms with Crippen molar-refractivity contribution in [3.63, 3.8) is 0 Å². The third-order valence-corrected chi connectivity index (χ3v) is 3.59. The van der Waals surface area contributed by atoms with Gasteiger partial charge in [-0.3, -0.25) is 4.79 Å². The van der Waals surface area contributed by atoms with Crippen LogP contribution in [0.15, 0.2) is 42.5 Å². The van der Waals surface area contributed by atoms with Gasteiger partial charge >= 0.3 is 5.97 Å². The van der Waals surface area contributed by atoms with Crippen molar-refractivity contribution in [3.8, 4) is 11.5 Å². The summed E-state index contributed by atoms with van der Waals surface area (Å²) in [6, 6.07) is 11.7. The Morgan fingerprint density at radius 2 is 1.92 bits per heavy atom. The minimum Gasteiger partial charge on any atom is -0.506 e. The lowest BCUT2D eigenvalue weighted by atomic mass is 10.0. The van der Waals surface area contributed by atoms with E-state index in [-0.39, 0.29) is 23.6 Å². The first-order chi connectivity index (χ1) is 11.9. The van der Waals surface area contributed by atoms with Gasteiger partial charge in [0.25, 0.3) is 5.91 Å². The normalized spacial score (nSPS) is 10.4. The van der Waals surface area contributed by atoms with E-state index >= 15 is 0 Å². The molecule has 25 heavy (non-hydrogen) atoms. The number of hydrogen-bond donors (Lipinski definition) is 2. The molecule has 0 spiro atoms. The van der Waals surface area contributed by atoms with Gasteiger partial charge in [0.15, 0.2) is 6.61 Å². The quantitative estimate of drug-likeness (QED) is 0.621. The molecule has 0 atom stereocenters. The highest BCUT2D eigenvalue weighted by atomic mass is 16.5. The zero-order valence-corrected chi connectivity index (χ0v) is 14.4. The number of hydrogen-bond acceptors (Lipinski definition) is 5. The van der Waals surface area contributed by atoms with Gasteiger partial charge in [-0.25, -0.2) is 4.79 Å². The molecule has 0 saturated heterocycles. The number of methoxy groups -OCH3 is 1. The van der Waals surface area contributed by atoms with Crippen molar-refractivity contribution >= 4 is 17.6 Å².